The summed E-state index contributed by atoms with van der Waals surface area (Å²) in [6.45, 7) is 3.95. The van der Waals surface area contributed by atoms with Crippen molar-refractivity contribution in [2.75, 3.05) is 0 Å². The SMILES string of the molecule is Cc1nc(C)c(C(NN)c2c(Br)nnn2C)s1. The summed E-state index contributed by atoms with van der Waals surface area (Å²) in [6, 6.07) is -0.157. The quantitative estimate of drug-likeness (QED) is 0.657. The van der Waals surface area contributed by atoms with Crippen molar-refractivity contribution in [2.45, 2.75) is 19.9 Å². The zero-order chi connectivity index (χ0) is 12.6. The first kappa shape index (κ1) is 12.6. The smallest absolute Gasteiger partial charge is 0.153 e. The highest BCUT2D eigenvalue weighted by molar-refractivity contribution is 9.10. The number of aryl methyl sites for hydroxylation is 3. The monoisotopic (exact) mass is 316 g/mol. The number of aromatic nitrogens is 4. The highest BCUT2D eigenvalue weighted by atomic mass is 79.9. The fraction of sp³-hybridized carbons (Fsp3) is 0.444. The van der Waals surface area contributed by atoms with Gasteiger partial charge in [0, 0.05) is 7.05 Å². The van der Waals surface area contributed by atoms with Crippen molar-refractivity contribution in [3.63, 3.8) is 0 Å². The number of rotatable bonds is 3. The Hall–Kier alpha value is -0.830. The Morgan fingerprint density at radius 1 is 1.47 bits per heavy atom. The van der Waals surface area contributed by atoms with Gasteiger partial charge in [-0.3, -0.25) is 5.84 Å². The van der Waals surface area contributed by atoms with E-state index in [1.54, 1.807) is 16.0 Å². The molecular weight excluding hydrogens is 304 g/mol. The number of nitrogens with one attached hydrogen (secondary N) is 1. The number of hydrogen-bond acceptors (Lipinski definition) is 6. The molecule has 2 rings (SSSR count). The Morgan fingerprint density at radius 2 is 2.18 bits per heavy atom. The predicted octanol–water partition coefficient (Wildman–Crippen LogP) is 1.20. The van der Waals surface area contributed by atoms with Gasteiger partial charge in [-0.05, 0) is 29.8 Å². The molecule has 92 valence electrons. The highest BCUT2D eigenvalue weighted by Gasteiger charge is 2.24. The van der Waals surface area contributed by atoms with Crippen molar-refractivity contribution in [1.29, 1.82) is 0 Å². The molecule has 0 aliphatic carbocycles. The number of hydrazine groups is 1. The van der Waals surface area contributed by atoms with Crippen LogP contribution in [0, 0.1) is 13.8 Å². The maximum atomic E-state index is 5.65. The van der Waals surface area contributed by atoms with Gasteiger partial charge in [0.05, 0.1) is 21.3 Å². The summed E-state index contributed by atoms with van der Waals surface area (Å²) in [5.74, 6) is 5.65. The molecule has 3 N–H and O–H groups in total. The summed E-state index contributed by atoms with van der Waals surface area (Å²) in [5.41, 5.74) is 4.66. The van der Waals surface area contributed by atoms with Crippen LogP contribution in [0.15, 0.2) is 4.60 Å². The summed E-state index contributed by atoms with van der Waals surface area (Å²) in [5, 5.41) is 8.94. The zero-order valence-corrected chi connectivity index (χ0v) is 12.1. The maximum absolute atomic E-state index is 5.65. The highest BCUT2D eigenvalue weighted by Crippen LogP contribution is 2.31. The third-order valence-electron chi connectivity index (χ3n) is 2.47. The third-order valence-corrected chi connectivity index (χ3v) is 4.17. The minimum absolute atomic E-state index is 0.157. The van der Waals surface area contributed by atoms with Gasteiger partial charge in [-0.1, -0.05) is 5.21 Å². The van der Waals surface area contributed by atoms with Crippen LogP contribution in [0.4, 0.5) is 0 Å². The molecule has 8 heteroatoms. The molecule has 2 heterocycles. The van der Waals surface area contributed by atoms with Crippen LogP contribution >= 0.6 is 27.3 Å². The minimum atomic E-state index is -0.157. The molecule has 0 spiro atoms. The lowest BCUT2D eigenvalue weighted by Gasteiger charge is -2.15. The first-order valence-electron chi connectivity index (χ1n) is 4.99. The van der Waals surface area contributed by atoms with E-state index < -0.39 is 0 Å². The molecule has 0 bridgehead atoms. The topological polar surface area (TPSA) is 81.7 Å². The lowest BCUT2D eigenvalue weighted by Crippen LogP contribution is -2.30. The van der Waals surface area contributed by atoms with Gasteiger partial charge < -0.3 is 0 Å². The van der Waals surface area contributed by atoms with E-state index in [9.17, 15) is 0 Å². The fourth-order valence-electron chi connectivity index (χ4n) is 1.74. The van der Waals surface area contributed by atoms with Crippen LogP contribution < -0.4 is 11.3 Å². The number of nitrogens with two attached hydrogens (primary N) is 1. The Balaban J connectivity index is 2.51. The van der Waals surface area contributed by atoms with Crippen molar-refractivity contribution < 1.29 is 0 Å². The predicted molar refractivity (Wildman–Crippen MR) is 69.5 cm³/mol. The van der Waals surface area contributed by atoms with Gasteiger partial charge in [0.1, 0.15) is 6.04 Å². The van der Waals surface area contributed by atoms with E-state index in [2.05, 4.69) is 36.7 Å². The second-order valence-corrected chi connectivity index (χ2v) is 5.66. The molecule has 0 radical (unpaired) electrons. The Bertz CT molecular complexity index is 514. The second kappa shape index (κ2) is 4.81. The van der Waals surface area contributed by atoms with Crippen molar-refractivity contribution in [1.82, 2.24) is 25.4 Å². The van der Waals surface area contributed by atoms with Crippen LogP contribution in [0.2, 0.25) is 0 Å². The van der Waals surface area contributed by atoms with Crippen LogP contribution in [0.25, 0.3) is 0 Å². The Labute approximate surface area is 111 Å². The number of hydrogen-bond donors (Lipinski definition) is 2. The van der Waals surface area contributed by atoms with E-state index in [1.165, 1.54) is 0 Å². The van der Waals surface area contributed by atoms with E-state index in [0.29, 0.717) is 4.60 Å². The Morgan fingerprint density at radius 3 is 2.59 bits per heavy atom. The summed E-state index contributed by atoms with van der Waals surface area (Å²) in [4.78, 5) is 5.49. The Kier molecular flexibility index (Phi) is 3.57. The standard InChI is InChI=1S/C9H13BrN6S/c1-4-8(17-5(2)12-4)6(13-11)7-9(10)14-15-16(7)3/h6,13H,11H2,1-3H3. The third kappa shape index (κ3) is 2.25. The van der Waals surface area contributed by atoms with Gasteiger partial charge in [-0.2, -0.15) is 0 Å². The zero-order valence-electron chi connectivity index (χ0n) is 9.73. The maximum Gasteiger partial charge on any atom is 0.153 e. The number of halogens is 1. The summed E-state index contributed by atoms with van der Waals surface area (Å²) < 4.78 is 2.39. The lowest BCUT2D eigenvalue weighted by molar-refractivity contribution is 0.573. The van der Waals surface area contributed by atoms with Crippen LogP contribution in [0.3, 0.4) is 0 Å². The van der Waals surface area contributed by atoms with Crippen LogP contribution in [0.5, 0.6) is 0 Å². The van der Waals surface area contributed by atoms with E-state index in [1.807, 2.05) is 20.9 Å². The number of thiazole rings is 1. The van der Waals surface area contributed by atoms with Crippen LogP contribution in [-0.4, -0.2) is 20.0 Å². The minimum Gasteiger partial charge on any atom is -0.270 e. The lowest BCUT2D eigenvalue weighted by atomic mass is 10.1. The van der Waals surface area contributed by atoms with E-state index in [-0.39, 0.29) is 6.04 Å². The van der Waals surface area contributed by atoms with E-state index in [0.717, 1.165) is 21.3 Å². The van der Waals surface area contributed by atoms with Crippen molar-refractivity contribution in [2.24, 2.45) is 12.9 Å². The molecule has 2 aromatic heterocycles. The first-order chi connectivity index (χ1) is 8.04. The van der Waals surface area contributed by atoms with Gasteiger partial charge in [-0.15, -0.1) is 16.4 Å². The molecule has 0 saturated heterocycles. The molecule has 0 amide bonds. The summed E-state index contributed by atoms with van der Waals surface area (Å²) >= 11 is 5.00. The van der Waals surface area contributed by atoms with Gasteiger partial charge >= 0.3 is 0 Å². The van der Waals surface area contributed by atoms with E-state index in [4.69, 9.17) is 5.84 Å². The van der Waals surface area contributed by atoms with Crippen molar-refractivity contribution in [3.05, 3.63) is 25.9 Å². The summed E-state index contributed by atoms with van der Waals surface area (Å²) in [6.07, 6.45) is 0. The molecule has 0 saturated carbocycles. The summed E-state index contributed by atoms with van der Waals surface area (Å²) in [7, 11) is 1.83. The van der Waals surface area contributed by atoms with Crippen LogP contribution in [-0.2, 0) is 7.05 Å². The largest absolute Gasteiger partial charge is 0.270 e. The van der Waals surface area contributed by atoms with Crippen molar-refractivity contribution >= 4 is 27.3 Å². The molecular formula is C9H13BrN6S. The number of nitrogens with zero attached hydrogens (tertiary/aromatic N) is 4. The molecule has 0 aliphatic heterocycles. The first-order valence-corrected chi connectivity index (χ1v) is 6.60. The molecule has 0 fully saturated rings. The normalized spacial score (nSPS) is 13.0. The van der Waals surface area contributed by atoms with Gasteiger partial charge in [-0.25, -0.2) is 15.1 Å². The molecule has 17 heavy (non-hydrogen) atoms. The molecule has 0 aromatic carbocycles. The van der Waals surface area contributed by atoms with E-state index >= 15 is 0 Å². The van der Waals surface area contributed by atoms with Crippen LogP contribution in [0.1, 0.15) is 27.3 Å². The van der Waals surface area contributed by atoms with Gasteiger partial charge in [0.25, 0.3) is 0 Å². The fourth-order valence-corrected chi connectivity index (χ4v) is 3.29. The molecule has 6 nitrogen and oxygen atoms in total. The average molecular weight is 317 g/mol. The second-order valence-electron chi connectivity index (χ2n) is 3.67. The average Bonchev–Trinajstić information content (AvgIpc) is 2.76. The van der Waals surface area contributed by atoms with Crippen molar-refractivity contribution in [3.8, 4) is 0 Å². The molecule has 1 unspecified atom stereocenters. The molecule has 1 atom stereocenters. The molecule has 0 aliphatic rings. The van der Waals surface area contributed by atoms with Gasteiger partial charge in [0.2, 0.25) is 0 Å². The molecule has 2 aromatic rings. The van der Waals surface area contributed by atoms with Gasteiger partial charge in [0.15, 0.2) is 4.60 Å².